The summed E-state index contributed by atoms with van der Waals surface area (Å²) in [6, 6.07) is 0. The second-order valence-electron chi connectivity index (χ2n) is 0.550. The maximum atomic E-state index is 8.56. The number of hydrogen-bond acceptors (Lipinski definition) is 1. The Morgan fingerprint density at radius 1 is 1.71 bits per heavy atom. The van der Waals surface area contributed by atoms with E-state index < -0.39 is 6.16 Å². The van der Waals surface area contributed by atoms with Gasteiger partial charge in [0.05, 0.1) is 0 Å². The molecule has 0 atom stereocenters. The molecule has 0 amide bonds. The minimum Gasteiger partial charge on any atom is -0.450 e. The molecule has 0 saturated heterocycles. The standard InChI is InChI=1S/CH2Cl.CH2O3.Cs/c1-2;2-1(3)4;/h1H2;(H2,2,3,4);. The van der Waals surface area contributed by atoms with Crippen molar-refractivity contribution in [3.8, 4) is 0 Å². The Bertz CT molecular complexity index is 44.2. The van der Waals surface area contributed by atoms with Gasteiger partial charge in [-0.15, -0.1) is 0 Å². The molecule has 0 spiro atoms. The SMILES string of the molecule is Cl[CH2][Cs].O=C(O)O. The van der Waals surface area contributed by atoms with Gasteiger partial charge in [0.15, 0.2) is 0 Å². The molecule has 0 bridgehead atoms. The van der Waals surface area contributed by atoms with E-state index in [2.05, 4.69) is 0 Å². The first kappa shape index (κ1) is 11.4. The molecular formula is C2H4ClCsO3. The molecule has 2 N–H and O–H groups in total. The smallest absolute Gasteiger partial charge is 0.450 e. The molecule has 0 rings (SSSR count). The van der Waals surface area contributed by atoms with E-state index in [9.17, 15) is 0 Å². The molecule has 0 aromatic heterocycles. The third-order valence-electron chi connectivity index (χ3n) is 0. The quantitative estimate of drug-likeness (QED) is 0.613. The topological polar surface area (TPSA) is 57.5 Å². The van der Waals surface area contributed by atoms with E-state index in [0.29, 0.717) is 65.9 Å². The van der Waals surface area contributed by atoms with Crippen molar-refractivity contribution in [1.82, 2.24) is 0 Å². The summed E-state index contributed by atoms with van der Waals surface area (Å²) in [7, 11) is 0. The summed E-state index contributed by atoms with van der Waals surface area (Å²) in [6.45, 7) is 0. The van der Waals surface area contributed by atoms with Crippen LogP contribution in [0.5, 0.6) is 0 Å². The summed E-state index contributed by atoms with van der Waals surface area (Å²) in [5, 5.41) is 13.9. The first-order valence-electron chi connectivity index (χ1n) is 1.63. The molecule has 0 unspecified atom stereocenters. The Labute approximate surface area is 93.4 Å². The van der Waals surface area contributed by atoms with Crippen LogP contribution in [-0.4, -0.2) is 79.6 Å². The Balaban J connectivity index is 0. The van der Waals surface area contributed by atoms with Crippen LogP contribution in [0.4, 0.5) is 4.79 Å². The molecule has 7 heavy (non-hydrogen) atoms. The fraction of sp³-hybridized carbons (Fsp3) is 0.500. The first-order valence-corrected chi connectivity index (χ1v) is 6.60. The zero-order chi connectivity index (χ0) is 6.28. The molecule has 0 aliphatic heterocycles. The molecule has 0 heterocycles. The maximum absolute atomic E-state index is 8.56. The van der Waals surface area contributed by atoms with Gasteiger partial charge in [-0.25, -0.2) is 4.79 Å². The average Bonchev–Trinajstić information content (AvgIpc) is 1.33. The third-order valence-corrected chi connectivity index (χ3v) is 0. The van der Waals surface area contributed by atoms with Gasteiger partial charge in [-0.2, -0.15) is 0 Å². The average molecular weight is 244 g/mol. The molecule has 0 radical (unpaired) electrons. The number of alkyl halides is 1. The Morgan fingerprint density at radius 2 is 1.71 bits per heavy atom. The minimum absolute atomic E-state index is 0.681. The number of carbonyl (C=O) groups is 1. The van der Waals surface area contributed by atoms with Gasteiger partial charge in [-0.1, -0.05) is 0 Å². The van der Waals surface area contributed by atoms with Crippen LogP contribution in [0.25, 0.3) is 0 Å². The number of hydrogen-bond donors (Lipinski definition) is 2. The van der Waals surface area contributed by atoms with E-state index >= 15 is 0 Å². The normalized spacial score (nSPS) is 6.14. The number of halogens is 1. The van der Waals surface area contributed by atoms with Gasteiger partial charge < -0.3 is 10.2 Å². The summed E-state index contributed by atoms with van der Waals surface area (Å²) < 4.78 is 0.944. The molecule has 0 aliphatic carbocycles. The van der Waals surface area contributed by atoms with E-state index in [-0.39, 0.29) is 0 Å². The number of rotatable bonds is 0. The molecule has 0 aliphatic rings. The second kappa shape index (κ2) is 10.6. The Hall–Kier alpha value is 1.61. The van der Waals surface area contributed by atoms with Crippen molar-refractivity contribution in [2.75, 3.05) is -2.69 Å². The summed E-state index contributed by atoms with van der Waals surface area (Å²) >= 11 is 5.78. The molecule has 0 fully saturated rings. The summed E-state index contributed by atoms with van der Waals surface area (Å²) in [5.41, 5.74) is 0. The molecular weight excluding hydrogens is 240 g/mol. The molecule has 3 nitrogen and oxygen atoms in total. The molecule has 38 valence electrons. The largest absolute Gasteiger partial charge is 0.503 e. The minimum atomic E-state index is -1.83. The maximum Gasteiger partial charge on any atom is 0.503 e. The van der Waals surface area contributed by atoms with Crippen molar-refractivity contribution >= 4 is 83.7 Å². The summed E-state index contributed by atoms with van der Waals surface area (Å²) in [5.74, 6) is 0. The first-order chi connectivity index (χ1) is 3.15. The van der Waals surface area contributed by atoms with Gasteiger partial charge in [0, 0.05) is 0 Å². The third kappa shape index (κ3) is 92.3. The van der Waals surface area contributed by atoms with Crippen molar-refractivity contribution in [3.63, 3.8) is 0 Å². The molecule has 0 saturated carbocycles. The van der Waals surface area contributed by atoms with Crippen molar-refractivity contribution in [2.45, 2.75) is 0 Å². The van der Waals surface area contributed by atoms with Crippen molar-refractivity contribution in [3.05, 3.63) is 0 Å². The predicted molar refractivity (Wildman–Crippen MR) is 27.1 cm³/mol. The summed E-state index contributed by atoms with van der Waals surface area (Å²) in [4.78, 5) is 8.56. The van der Waals surface area contributed by atoms with Crippen LogP contribution >= 0.6 is 11.6 Å². The van der Waals surface area contributed by atoms with Gasteiger partial charge in [0.25, 0.3) is 0 Å². The fourth-order valence-electron chi connectivity index (χ4n) is 0. The van der Waals surface area contributed by atoms with E-state index in [1.807, 2.05) is 0 Å². The van der Waals surface area contributed by atoms with Crippen LogP contribution in [0.1, 0.15) is 0 Å². The Morgan fingerprint density at radius 3 is 1.71 bits per heavy atom. The molecule has 5 heteroatoms. The van der Waals surface area contributed by atoms with Gasteiger partial charge >= 0.3 is 81.0 Å². The van der Waals surface area contributed by atoms with Crippen LogP contribution in [-0.2, 0) is 0 Å². The van der Waals surface area contributed by atoms with Gasteiger partial charge in [0.1, 0.15) is 0 Å². The van der Waals surface area contributed by atoms with E-state index in [1.165, 1.54) is 0 Å². The van der Waals surface area contributed by atoms with Gasteiger partial charge in [0.2, 0.25) is 0 Å². The van der Waals surface area contributed by atoms with E-state index in [0.717, 1.165) is -2.69 Å². The van der Waals surface area contributed by atoms with Gasteiger partial charge in [-0.05, 0) is 0 Å². The van der Waals surface area contributed by atoms with Crippen molar-refractivity contribution in [1.29, 1.82) is 0 Å². The number of carboxylic acid groups (broad SMARTS) is 2. The predicted octanol–water partition coefficient (Wildman–Crippen LogP) is 0.574. The second-order valence-corrected chi connectivity index (χ2v) is 6.12. The van der Waals surface area contributed by atoms with Gasteiger partial charge in [-0.3, -0.25) is 0 Å². The van der Waals surface area contributed by atoms with Crippen LogP contribution in [0, 0.1) is 0 Å². The van der Waals surface area contributed by atoms with Crippen LogP contribution in [0.2, 0.25) is 0 Å². The molecule has 0 aromatic carbocycles. The fourth-order valence-corrected chi connectivity index (χ4v) is 0. The van der Waals surface area contributed by atoms with E-state index in [1.54, 1.807) is 0 Å². The van der Waals surface area contributed by atoms with Crippen LogP contribution in [0.15, 0.2) is 0 Å². The van der Waals surface area contributed by atoms with E-state index in [4.69, 9.17) is 26.6 Å². The van der Waals surface area contributed by atoms with Crippen molar-refractivity contribution < 1.29 is 15.0 Å². The molecule has 0 aromatic rings. The summed E-state index contributed by atoms with van der Waals surface area (Å²) in [6.07, 6.45) is -1.83. The Kier molecular flexibility index (Phi) is 17.2. The van der Waals surface area contributed by atoms with Crippen LogP contribution < -0.4 is 0 Å². The monoisotopic (exact) mass is 244 g/mol. The van der Waals surface area contributed by atoms with Crippen LogP contribution in [0.3, 0.4) is 0 Å². The zero-order valence-corrected chi connectivity index (χ0v) is 10.9. The zero-order valence-electron chi connectivity index (χ0n) is 3.89. The van der Waals surface area contributed by atoms with Crippen molar-refractivity contribution in [2.24, 2.45) is 0 Å².